The van der Waals surface area contributed by atoms with Crippen LogP contribution in [-0.2, 0) is 12.3 Å². The molecule has 0 saturated carbocycles. The highest BCUT2D eigenvalue weighted by atomic mass is 32.2. The van der Waals surface area contributed by atoms with Gasteiger partial charge in [0.25, 0.3) is 0 Å². The fourth-order valence-electron chi connectivity index (χ4n) is 3.21. The smallest absolute Gasteiger partial charge is 0.247 e. The molecule has 3 heterocycles. The predicted molar refractivity (Wildman–Crippen MR) is 108 cm³/mol. The minimum Gasteiger partial charge on any atom is -0.420 e. The maximum atomic E-state index is 5.75. The molecule has 0 amide bonds. The van der Waals surface area contributed by atoms with E-state index in [9.17, 15) is 0 Å². The molecule has 2 aromatic carbocycles. The third-order valence-electron chi connectivity index (χ3n) is 4.48. The summed E-state index contributed by atoms with van der Waals surface area (Å²) < 4.78 is 7.90. The lowest BCUT2D eigenvalue weighted by Gasteiger charge is -2.02. The summed E-state index contributed by atoms with van der Waals surface area (Å²) in [6.07, 6.45) is 0. The number of hydrogen-bond donors (Lipinski definition) is 0. The van der Waals surface area contributed by atoms with Crippen LogP contribution in [0.5, 0.6) is 0 Å². The lowest BCUT2D eigenvalue weighted by molar-refractivity contribution is 0.528. The Bertz CT molecular complexity index is 1260. The van der Waals surface area contributed by atoms with E-state index in [1.54, 1.807) is 0 Å². The summed E-state index contributed by atoms with van der Waals surface area (Å²) >= 11 is 1.43. The van der Waals surface area contributed by atoms with Crippen LogP contribution in [0.1, 0.15) is 12.8 Å². The van der Waals surface area contributed by atoms with Crippen LogP contribution < -0.4 is 0 Å². The molecule has 138 valence electrons. The molecular weight excluding hydrogens is 372 g/mol. The molecule has 0 saturated heterocycles. The first-order valence-corrected chi connectivity index (χ1v) is 9.94. The van der Waals surface area contributed by atoms with Gasteiger partial charge in [-0.1, -0.05) is 48.2 Å². The zero-order chi connectivity index (χ0) is 18.9. The van der Waals surface area contributed by atoms with E-state index in [4.69, 9.17) is 9.40 Å². The SMILES string of the molecule is CCn1c2ccccc2c2nnc(SCc3nnc(-c4ccccc4)o3)nc21. The maximum absolute atomic E-state index is 5.75. The summed E-state index contributed by atoms with van der Waals surface area (Å²) in [6.45, 7) is 2.92. The van der Waals surface area contributed by atoms with Crippen molar-refractivity contribution in [3.63, 3.8) is 0 Å². The van der Waals surface area contributed by atoms with Crippen LogP contribution >= 0.6 is 11.8 Å². The molecule has 5 rings (SSSR count). The Hall–Kier alpha value is -3.26. The fourth-order valence-corrected chi connectivity index (χ4v) is 3.82. The molecule has 3 aromatic heterocycles. The molecule has 0 N–H and O–H groups in total. The number of benzene rings is 2. The number of hydrogen-bond acceptors (Lipinski definition) is 7. The van der Waals surface area contributed by atoms with Crippen molar-refractivity contribution in [1.29, 1.82) is 0 Å². The second-order valence-electron chi connectivity index (χ2n) is 6.18. The Labute approximate surface area is 164 Å². The second kappa shape index (κ2) is 7.05. The number of fused-ring (bicyclic) bond motifs is 3. The Morgan fingerprint density at radius 2 is 1.75 bits per heavy atom. The van der Waals surface area contributed by atoms with Gasteiger partial charge < -0.3 is 8.98 Å². The lowest BCUT2D eigenvalue weighted by atomic mass is 10.2. The van der Waals surface area contributed by atoms with Crippen LogP contribution in [0.25, 0.3) is 33.5 Å². The van der Waals surface area contributed by atoms with Crippen LogP contribution in [0.2, 0.25) is 0 Å². The Morgan fingerprint density at radius 1 is 0.929 bits per heavy atom. The number of rotatable bonds is 5. The number of thioether (sulfide) groups is 1. The van der Waals surface area contributed by atoms with Gasteiger partial charge in [0.1, 0.15) is 5.52 Å². The first kappa shape index (κ1) is 16.9. The van der Waals surface area contributed by atoms with E-state index >= 15 is 0 Å². The Kier molecular flexibility index (Phi) is 4.25. The molecule has 0 aliphatic heterocycles. The summed E-state index contributed by atoms with van der Waals surface area (Å²) in [4.78, 5) is 4.73. The second-order valence-corrected chi connectivity index (χ2v) is 7.13. The fraction of sp³-hybridized carbons (Fsp3) is 0.150. The van der Waals surface area contributed by atoms with E-state index in [0.29, 0.717) is 22.7 Å². The van der Waals surface area contributed by atoms with E-state index in [1.165, 1.54) is 11.8 Å². The number of aromatic nitrogens is 6. The molecule has 0 atom stereocenters. The standard InChI is InChI=1S/C20H16N6OS/c1-2-26-15-11-7-6-10-14(15)17-18(26)21-20(25-23-17)28-12-16-22-24-19(27-16)13-8-4-3-5-9-13/h3-11H,2,12H2,1H3. The summed E-state index contributed by atoms with van der Waals surface area (Å²) in [5.74, 6) is 1.53. The van der Waals surface area contributed by atoms with Crippen molar-refractivity contribution < 1.29 is 4.42 Å². The van der Waals surface area contributed by atoms with Crippen molar-refractivity contribution in [2.24, 2.45) is 0 Å². The monoisotopic (exact) mass is 388 g/mol. The minimum atomic E-state index is 0.485. The quantitative estimate of drug-likeness (QED) is 0.414. The highest BCUT2D eigenvalue weighted by Gasteiger charge is 2.15. The van der Waals surface area contributed by atoms with Crippen molar-refractivity contribution in [1.82, 2.24) is 29.9 Å². The van der Waals surface area contributed by atoms with Crippen LogP contribution in [0, 0.1) is 0 Å². The van der Waals surface area contributed by atoms with Crippen molar-refractivity contribution in [2.75, 3.05) is 0 Å². The van der Waals surface area contributed by atoms with Crippen LogP contribution in [0.15, 0.2) is 64.2 Å². The molecule has 0 aliphatic carbocycles. The lowest BCUT2D eigenvalue weighted by Crippen LogP contribution is -1.98. The zero-order valence-electron chi connectivity index (χ0n) is 15.1. The molecule has 0 spiro atoms. The summed E-state index contributed by atoms with van der Waals surface area (Å²) in [6, 6.07) is 17.9. The molecule has 0 fully saturated rings. The first-order chi connectivity index (χ1) is 13.8. The Balaban J connectivity index is 1.42. The molecule has 28 heavy (non-hydrogen) atoms. The number of aryl methyl sites for hydroxylation is 1. The van der Waals surface area contributed by atoms with Gasteiger partial charge in [0.05, 0.1) is 11.3 Å². The van der Waals surface area contributed by atoms with Gasteiger partial charge in [-0.2, -0.15) is 0 Å². The minimum absolute atomic E-state index is 0.485. The van der Waals surface area contributed by atoms with Gasteiger partial charge in [-0.05, 0) is 25.1 Å². The highest BCUT2D eigenvalue weighted by molar-refractivity contribution is 7.98. The third kappa shape index (κ3) is 2.91. The number of nitrogens with zero attached hydrogens (tertiary/aromatic N) is 6. The normalized spacial score (nSPS) is 11.5. The van der Waals surface area contributed by atoms with E-state index < -0.39 is 0 Å². The summed E-state index contributed by atoms with van der Waals surface area (Å²) in [7, 11) is 0. The number of para-hydroxylation sites is 1. The Morgan fingerprint density at radius 3 is 2.61 bits per heavy atom. The molecule has 0 aliphatic rings. The van der Waals surface area contributed by atoms with Crippen LogP contribution in [0.4, 0.5) is 0 Å². The van der Waals surface area contributed by atoms with E-state index in [-0.39, 0.29) is 0 Å². The van der Waals surface area contributed by atoms with Gasteiger partial charge in [-0.15, -0.1) is 20.4 Å². The van der Waals surface area contributed by atoms with Gasteiger partial charge in [0, 0.05) is 17.5 Å². The largest absolute Gasteiger partial charge is 0.420 e. The molecule has 0 radical (unpaired) electrons. The highest BCUT2D eigenvalue weighted by Crippen LogP contribution is 2.28. The predicted octanol–water partition coefficient (Wildman–Crippen LogP) is 4.34. The van der Waals surface area contributed by atoms with E-state index in [0.717, 1.165) is 34.2 Å². The van der Waals surface area contributed by atoms with Gasteiger partial charge in [0.2, 0.25) is 16.9 Å². The average Bonchev–Trinajstić information content (AvgIpc) is 3.35. The molecule has 7 nitrogen and oxygen atoms in total. The summed E-state index contributed by atoms with van der Waals surface area (Å²) in [5.41, 5.74) is 3.69. The molecular formula is C20H16N6OS. The molecule has 5 aromatic rings. The molecule has 8 heteroatoms. The first-order valence-electron chi connectivity index (χ1n) is 8.95. The van der Waals surface area contributed by atoms with Crippen molar-refractivity contribution in [3.8, 4) is 11.5 Å². The average molecular weight is 388 g/mol. The topological polar surface area (TPSA) is 82.5 Å². The van der Waals surface area contributed by atoms with Gasteiger partial charge in [0.15, 0.2) is 5.65 Å². The molecule has 0 unspecified atom stereocenters. The van der Waals surface area contributed by atoms with Crippen molar-refractivity contribution >= 4 is 33.8 Å². The van der Waals surface area contributed by atoms with Crippen LogP contribution in [0.3, 0.4) is 0 Å². The summed E-state index contributed by atoms with van der Waals surface area (Å²) in [5, 5.41) is 18.6. The van der Waals surface area contributed by atoms with Crippen molar-refractivity contribution in [2.45, 2.75) is 24.4 Å². The van der Waals surface area contributed by atoms with E-state index in [2.05, 4.69) is 44.0 Å². The van der Waals surface area contributed by atoms with Gasteiger partial charge >= 0.3 is 0 Å². The maximum Gasteiger partial charge on any atom is 0.247 e. The zero-order valence-corrected chi connectivity index (χ0v) is 15.9. The third-order valence-corrected chi connectivity index (χ3v) is 5.31. The van der Waals surface area contributed by atoms with Crippen molar-refractivity contribution in [3.05, 3.63) is 60.5 Å². The van der Waals surface area contributed by atoms with E-state index in [1.807, 2.05) is 42.5 Å². The van der Waals surface area contributed by atoms with Gasteiger partial charge in [-0.3, -0.25) is 0 Å². The van der Waals surface area contributed by atoms with Gasteiger partial charge in [-0.25, -0.2) is 4.98 Å². The van der Waals surface area contributed by atoms with Crippen LogP contribution in [-0.4, -0.2) is 29.9 Å². The molecule has 0 bridgehead atoms.